The number of aryl methyl sites for hydroxylation is 1. The molecule has 3 rings (SSSR count). The molecule has 1 aromatic heterocycles. The SMILES string of the molecule is CCOC(=O)c1cnn2c1NC(c1ccc(CC)cc1)CC2C(F)F. The van der Waals surface area contributed by atoms with E-state index in [1.807, 2.05) is 24.3 Å². The van der Waals surface area contributed by atoms with E-state index < -0.39 is 18.4 Å². The van der Waals surface area contributed by atoms with E-state index in [0.717, 1.165) is 12.0 Å². The van der Waals surface area contributed by atoms with Gasteiger partial charge in [-0.3, -0.25) is 0 Å². The quantitative estimate of drug-likeness (QED) is 0.830. The van der Waals surface area contributed by atoms with Gasteiger partial charge in [-0.1, -0.05) is 31.2 Å². The molecule has 5 nitrogen and oxygen atoms in total. The number of fused-ring (bicyclic) bond motifs is 1. The highest BCUT2D eigenvalue weighted by molar-refractivity contribution is 5.94. The largest absolute Gasteiger partial charge is 0.462 e. The Labute approximate surface area is 145 Å². The van der Waals surface area contributed by atoms with Gasteiger partial charge in [-0.2, -0.15) is 5.10 Å². The maximum atomic E-state index is 13.6. The minimum absolute atomic E-state index is 0.183. The van der Waals surface area contributed by atoms with Crippen molar-refractivity contribution >= 4 is 11.8 Å². The number of nitrogens with zero attached hydrogens (tertiary/aromatic N) is 2. The zero-order valence-electron chi connectivity index (χ0n) is 14.2. The lowest BCUT2D eigenvalue weighted by molar-refractivity contribution is 0.0521. The summed E-state index contributed by atoms with van der Waals surface area (Å²) < 4.78 is 33.3. The second kappa shape index (κ2) is 7.21. The Morgan fingerprint density at radius 2 is 2.08 bits per heavy atom. The van der Waals surface area contributed by atoms with E-state index in [0.29, 0.717) is 5.82 Å². The monoisotopic (exact) mass is 349 g/mol. The van der Waals surface area contributed by atoms with E-state index in [1.54, 1.807) is 6.92 Å². The average Bonchev–Trinajstić information content (AvgIpc) is 3.05. The Balaban J connectivity index is 1.95. The molecule has 0 fully saturated rings. The van der Waals surface area contributed by atoms with Crippen LogP contribution in [0.4, 0.5) is 14.6 Å². The van der Waals surface area contributed by atoms with E-state index in [9.17, 15) is 13.6 Å². The van der Waals surface area contributed by atoms with Gasteiger partial charge in [-0.25, -0.2) is 18.3 Å². The number of halogens is 2. The minimum atomic E-state index is -2.58. The van der Waals surface area contributed by atoms with Gasteiger partial charge >= 0.3 is 5.97 Å². The van der Waals surface area contributed by atoms with Crippen LogP contribution in [-0.2, 0) is 11.2 Å². The lowest BCUT2D eigenvalue weighted by Crippen LogP contribution is -2.31. The van der Waals surface area contributed by atoms with Crippen LogP contribution in [0.3, 0.4) is 0 Å². The standard InChI is InChI=1S/C18H21F2N3O2/c1-3-11-5-7-12(8-6-11)14-9-15(16(19)20)23-17(22-14)13(10-21-23)18(24)25-4-2/h5-8,10,14-16,22H,3-4,9H2,1-2H3. The van der Waals surface area contributed by atoms with Crippen LogP contribution in [0.25, 0.3) is 0 Å². The number of alkyl halides is 2. The van der Waals surface area contributed by atoms with Crippen molar-refractivity contribution in [2.75, 3.05) is 11.9 Å². The van der Waals surface area contributed by atoms with Crippen LogP contribution in [0, 0.1) is 0 Å². The van der Waals surface area contributed by atoms with Crippen molar-refractivity contribution in [3.05, 3.63) is 47.2 Å². The molecule has 0 radical (unpaired) electrons. The van der Waals surface area contributed by atoms with Crippen molar-refractivity contribution in [3.63, 3.8) is 0 Å². The predicted molar refractivity (Wildman–Crippen MR) is 90.0 cm³/mol. The van der Waals surface area contributed by atoms with Gasteiger partial charge in [0.2, 0.25) is 0 Å². The van der Waals surface area contributed by atoms with Gasteiger partial charge in [0.05, 0.1) is 18.8 Å². The summed E-state index contributed by atoms with van der Waals surface area (Å²) in [5.41, 5.74) is 2.27. The number of hydrogen-bond donors (Lipinski definition) is 1. The Hall–Kier alpha value is -2.44. The number of ether oxygens (including phenoxy) is 1. The fourth-order valence-electron chi connectivity index (χ4n) is 3.10. The topological polar surface area (TPSA) is 56.1 Å². The number of aromatic nitrogens is 2. The molecule has 134 valence electrons. The molecule has 0 spiro atoms. The zero-order valence-corrected chi connectivity index (χ0v) is 14.2. The van der Waals surface area contributed by atoms with Gasteiger partial charge < -0.3 is 10.1 Å². The van der Waals surface area contributed by atoms with Crippen molar-refractivity contribution in [2.45, 2.75) is 45.2 Å². The van der Waals surface area contributed by atoms with Crippen molar-refractivity contribution in [2.24, 2.45) is 0 Å². The first-order valence-electron chi connectivity index (χ1n) is 8.43. The summed E-state index contributed by atoms with van der Waals surface area (Å²) in [7, 11) is 0. The summed E-state index contributed by atoms with van der Waals surface area (Å²) in [6.07, 6.45) is -0.177. The van der Waals surface area contributed by atoms with Crippen LogP contribution in [-0.4, -0.2) is 28.8 Å². The maximum absolute atomic E-state index is 13.6. The third kappa shape index (κ3) is 3.36. The summed E-state index contributed by atoms with van der Waals surface area (Å²) in [6.45, 7) is 3.97. The second-order valence-corrected chi connectivity index (χ2v) is 6.00. The molecule has 2 unspecified atom stereocenters. The minimum Gasteiger partial charge on any atom is -0.462 e. The van der Waals surface area contributed by atoms with Crippen LogP contribution in [0.1, 0.15) is 53.8 Å². The van der Waals surface area contributed by atoms with Crippen molar-refractivity contribution < 1.29 is 18.3 Å². The summed E-state index contributed by atoms with van der Waals surface area (Å²) in [5, 5.41) is 7.18. The molecule has 0 saturated heterocycles. The number of carbonyl (C=O) groups is 1. The van der Waals surface area contributed by atoms with Crippen LogP contribution < -0.4 is 5.32 Å². The third-order valence-corrected chi connectivity index (χ3v) is 4.47. The average molecular weight is 349 g/mol. The van der Waals surface area contributed by atoms with Crippen molar-refractivity contribution in [3.8, 4) is 0 Å². The molecule has 25 heavy (non-hydrogen) atoms. The highest BCUT2D eigenvalue weighted by Crippen LogP contribution is 2.39. The molecular formula is C18H21F2N3O2. The van der Waals surface area contributed by atoms with Gasteiger partial charge in [-0.05, 0) is 30.9 Å². The van der Waals surface area contributed by atoms with Gasteiger partial charge in [0.25, 0.3) is 6.43 Å². The number of carbonyl (C=O) groups excluding carboxylic acids is 1. The van der Waals surface area contributed by atoms with Gasteiger partial charge in [0, 0.05) is 0 Å². The number of nitrogens with one attached hydrogen (secondary N) is 1. The summed E-state index contributed by atoms with van der Waals surface area (Å²) in [6, 6.07) is 6.46. The summed E-state index contributed by atoms with van der Waals surface area (Å²) >= 11 is 0. The van der Waals surface area contributed by atoms with E-state index >= 15 is 0 Å². The molecule has 1 aliphatic rings. The van der Waals surface area contributed by atoms with Crippen molar-refractivity contribution in [1.82, 2.24) is 9.78 Å². The molecule has 0 amide bonds. The van der Waals surface area contributed by atoms with E-state index in [1.165, 1.54) is 16.4 Å². The van der Waals surface area contributed by atoms with Gasteiger partial charge in [0.1, 0.15) is 17.4 Å². The van der Waals surface area contributed by atoms with E-state index in [2.05, 4.69) is 17.3 Å². The molecule has 2 heterocycles. The fraction of sp³-hybridized carbons (Fsp3) is 0.444. The predicted octanol–water partition coefficient (Wildman–Crippen LogP) is 3.99. The highest BCUT2D eigenvalue weighted by Gasteiger charge is 2.36. The molecule has 2 aromatic rings. The normalized spacial score (nSPS) is 19.4. The molecule has 7 heteroatoms. The smallest absolute Gasteiger partial charge is 0.343 e. The molecular weight excluding hydrogens is 328 g/mol. The van der Waals surface area contributed by atoms with E-state index in [-0.39, 0.29) is 24.6 Å². The lowest BCUT2D eigenvalue weighted by atomic mass is 9.96. The molecule has 0 aliphatic carbocycles. The molecule has 0 bridgehead atoms. The van der Waals surface area contributed by atoms with E-state index in [4.69, 9.17) is 4.74 Å². The molecule has 0 saturated carbocycles. The highest BCUT2D eigenvalue weighted by atomic mass is 19.3. The van der Waals surface area contributed by atoms with Gasteiger partial charge in [-0.15, -0.1) is 0 Å². The first-order valence-corrected chi connectivity index (χ1v) is 8.43. The number of anilines is 1. The Kier molecular flexibility index (Phi) is 5.01. The molecule has 1 aromatic carbocycles. The lowest BCUT2D eigenvalue weighted by Gasteiger charge is -2.32. The van der Waals surface area contributed by atoms with Crippen LogP contribution >= 0.6 is 0 Å². The number of benzene rings is 1. The Bertz CT molecular complexity index is 743. The molecule has 1 aliphatic heterocycles. The van der Waals surface area contributed by atoms with Crippen LogP contribution in [0.5, 0.6) is 0 Å². The first-order chi connectivity index (χ1) is 12.0. The fourth-order valence-corrected chi connectivity index (χ4v) is 3.10. The number of hydrogen-bond acceptors (Lipinski definition) is 4. The number of rotatable bonds is 5. The summed E-state index contributed by atoms with van der Waals surface area (Å²) in [5.74, 6) is -0.272. The molecule has 1 N–H and O–H groups in total. The molecule has 2 atom stereocenters. The number of esters is 1. The van der Waals surface area contributed by atoms with Crippen molar-refractivity contribution in [1.29, 1.82) is 0 Å². The van der Waals surface area contributed by atoms with Crippen LogP contribution in [0.2, 0.25) is 0 Å². The van der Waals surface area contributed by atoms with Gasteiger partial charge in [0.15, 0.2) is 0 Å². The zero-order chi connectivity index (χ0) is 18.0. The van der Waals surface area contributed by atoms with Crippen LogP contribution in [0.15, 0.2) is 30.5 Å². The second-order valence-electron chi connectivity index (χ2n) is 6.00. The summed E-state index contributed by atoms with van der Waals surface area (Å²) in [4.78, 5) is 12.1. The maximum Gasteiger partial charge on any atom is 0.343 e. The third-order valence-electron chi connectivity index (χ3n) is 4.47. The first kappa shape index (κ1) is 17.4. The Morgan fingerprint density at radius 1 is 1.36 bits per heavy atom. The Morgan fingerprint density at radius 3 is 2.68 bits per heavy atom.